The van der Waals surface area contributed by atoms with E-state index in [-0.39, 0.29) is 11.8 Å². The third kappa shape index (κ3) is 2.33. The molecule has 0 radical (unpaired) electrons. The van der Waals surface area contributed by atoms with E-state index < -0.39 is 0 Å². The molecule has 1 aliphatic rings. The molecule has 100 valence electrons. The molecule has 1 atom stereocenters. The first kappa shape index (κ1) is 12.2. The predicted molar refractivity (Wildman–Crippen MR) is 71.9 cm³/mol. The standard InChI is InChI=1S/C14H17N3O2/c1-19-7-6-17-9-10(8-13(17)18)14-15-11-4-2-3-5-12(11)16-14/h2-5,10H,6-9H2,1H3,(H,15,16)/t10-/m1/s1. The summed E-state index contributed by atoms with van der Waals surface area (Å²) in [6.07, 6.45) is 0.531. The summed E-state index contributed by atoms with van der Waals surface area (Å²) in [5.41, 5.74) is 1.99. The Kier molecular flexibility index (Phi) is 3.21. The molecule has 1 amide bonds. The van der Waals surface area contributed by atoms with Gasteiger partial charge in [-0.25, -0.2) is 4.98 Å². The van der Waals surface area contributed by atoms with Crippen molar-refractivity contribution in [3.63, 3.8) is 0 Å². The fourth-order valence-electron chi connectivity index (χ4n) is 2.54. The van der Waals surface area contributed by atoms with Crippen molar-refractivity contribution < 1.29 is 9.53 Å². The first-order valence-corrected chi connectivity index (χ1v) is 6.49. The number of imidazole rings is 1. The van der Waals surface area contributed by atoms with E-state index in [2.05, 4.69) is 9.97 Å². The Balaban J connectivity index is 1.78. The van der Waals surface area contributed by atoms with E-state index in [1.165, 1.54) is 0 Å². The molecule has 1 fully saturated rings. The molecule has 3 rings (SSSR count). The normalized spacial score (nSPS) is 19.5. The zero-order valence-electron chi connectivity index (χ0n) is 10.9. The van der Waals surface area contributed by atoms with Crippen LogP contribution >= 0.6 is 0 Å². The van der Waals surface area contributed by atoms with Gasteiger partial charge in [-0.3, -0.25) is 4.79 Å². The Morgan fingerprint density at radius 1 is 1.47 bits per heavy atom. The molecule has 1 aromatic carbocycles. The van der Waals surface area contributed by atoms with Crippen molar-refractivity contribution in [2.75, 3.05) is 26.8 Å². The number of aromatic nitrogens is 2. The van der Waals surface area contributed by atoms with Gasteiger partial charge in [0.1, 0.15) is 5.82 Å². The summed E-state index contributed by atoms with van der Waals surface area (Å²) in [6, 6.07) is 7.94. The van der Waals surface area contributed by atoms with E-state index in [1.807, 2.05) is 29.2 Å². The van der Waals surface area contributed by atoms with Crippen LogP contribution < -0.4 is 0 Å². The first-order chi connectivity index (χ1) is 9.28. The summed E-state index contributed by atoms with van der Waals surface area (Å²) in [4.78, 5) is 21.6. The summed E-state index contributed by atoms with van der Waals surface area (Å²) in [7, 11) is 1.65. The molecule has 0 aliphatic carbocycles. The number of amides is 1. The van der Waals surface area contributed by atoms with E-state index in [0.29, 0.717) is 19.6 Å². The highest BCUT2D eigenvalue weighted by atomic mass is 16.5. The third-order valence-electron chi connectivity index (χ3n) is 3.57. The van der Waals surface area contributed by atoms with Crippen LogP contribution in [0, 0.1) is 0 Å². The van der Waals surface area contributed by atoms with Crippen LogP contribution in [-0.4, -0.2) is 47.6 Å². The van der Waals surface area contributed by atoms with Crippen LogP contribution in [0.15, 0.2) is 24.3 Å². The second kappa shape index (κ2) is 5.01. The summed E-state index contributed by atoms with van der Waals surface area (Å²) < 4.78 is 5.02. The fourth-order valence-corrected chi connectivity index (χ4v) is 2.54. The van der Waals surface area contributed by atoms with E-state index in [9.17, 15) is 4.79 Å². The van der Waals surface area contributed by atoms with Crippen molar-refractivity contribution in [1.82, 2.24) is 14.9 Å². The SMILES string of the molecule is COCCN1C[C@H](c2nc3ccccc3[nH]2)CC1=O. The Morgan fingerprint density at radius 3 is 3.11 bits per heavy atom. The molecule has 0 spiro atoms. The number of nitrogens with one attached hydrogen (secondary N) is 1. The largest absolute Gasteiger partial charge is 0.383 e. The van der Waals surface area contributed by atoms with Gasteiger partial charge in [-0.1, -0.05) is 12.1 Å². The number of carbonyl (C=O) groups is 1. The Morgan fingerprint density at radius 2 is 2.32 bits per heavy atom. The van der Waals surface area contributed by atoms with Gasteiger partial charge < -0.3 is 14.6 Å². The predicted octanol–water partition coefficient (Wildman–Crippen LogP) is 1.53. The average Bonchev–Trinajstić information content (AvgIpc) is 2.99. The molecule has 1 aliphatic heterocycles. The first-order valence-electron chi connectivity index (χ1n) is 6.49. The van der Waals surface area contributed by atoms with Gasteiger partial charge in [0, 0.05) is 32.5 Å². The number of nitrogens with zero attached hydrogens (tertiary/aromatic N) is 2. The number of fused-ring (bicyclic) bond motifs is 1. The summed E-state index contributed by atoms with van der Waals surface area (Å²) in [5.74, 6) is 1.26. The highest BCUT2D eigenvalue weighted by Gasteiger charge is 2.32. The molecule has 5 nitrogen and oxygen atoms in total. The second-order valence-electron chi connectivity index (χ2n) is 4.87. The maximum absolute atomic E-state index is 11.9. The lowest BCUT2D eigenvalue weighted by Crippen LogP contribution is -2.28. The second-order valence-corrected chi connectivity index (χ2v) is 4.87. The molecule has 0 bridgehead atoms. The zero-order chi connectivity index (χ0) is 13.2. The molecule has 1 saturated heterocycles. The molecular weight excluding hydrogens is 242 g/mol. The fraction of sp³-hybridized carbons (Fsp3) is 0.429. The lowest BCUT2D eigenvalue weighted by Gasteiger charge is -2.15. The molecular formula is C14H17N3O2. The molecule has 5 heteroatoms. The number of rotatable bonds is 4. The van der Waals surface area contributed by atoms with Crippen LogP contribution in [0.4, 0.5) is 0 Å². The highest BCUT2D eigenvalue weighted by molar-refractivity contribution is 5.80. The maximum atomic E-state index is 11.9. The molecule has 0 saturated carbocycles. The number of ether oxygens (including phenoxy) is 1. The number of aromatic amines is 1. The van der Waals surface area contributed by atoms with Crippen LogP contribution in [0.1, 0.15) is 18.2 Å². The molecule has 19 heavy (non-hydrogen) atoms. The lowest BCUT2D eigenvalue weighted by atomic mass is 10.1. The number of para-hydroxylation sites is 2. The Labute approximate surface area is 111 Å². The van der Waals surface area contributed by atoms with Gasteiger partial charge in [0.05, 0.1) is 17.6 Å². The third-order valence-corrected chi connectivity index (χ3v) is 3.57. The average molecular weight is 259 g/mol. The highest BCUT2D eigenvalue weighted by Crippen LogP contribution is 2.27. The number of hydrogen-bond donors (Lipinski definition) is 1. The van der Waals surface area contributed by atoms with E-state index in [1.54, 1.807) is 7.11 Å². The van der Waals surface area contributed by atoms with Crippen molar-refractivity contribution in [1.29, 1.82) is 0 Å². The minimum Gasteiger partial charge on any atom is -0.383 e. The van der Waals surface area contributed by atoms with Gasteiger partial charge in [0.2, 0.25) is 5.91 Å². The molecule has 1 N–H and O–H groups in total. The van der Waals surface area contributed by atoms with Gasteiger partial charge >= 0.3 is 0 Å². The Hall–Kier alpha value is -1.88. The zero-order valence-corrected chi connectivity index (χ0v) is 10.9. The van der Waals surface area contributed by atoms with Crippen LogP contribution in [0.25, 0.3) is 11.0 Å². The number of methoxy groups -OCH3 is 1. The Bertz CT molecular complexity index is 560. The van der Waals surface area contributed by atoms with Crippen molar-refractivity contribution in [3.8, 4) is 0 Å². The summed E-state index contributed by atoms with van der Waals surface area (Å²) in [5, 5.41) is 0. The molecule has 2 aromatic rings. The van der Waals surface area contributed by atoms with E-state index in [0.717, 1.165) is 23.4 Å². The van der Waals surface area contributed by atoms with Crippen LogP contribution in [0.5, 0.6) is 0 Å². The topological polar surface area (TPSA) is 58.2 Å². The lowest BCUT2D eigenvalue weighted by molar-refractivity contribution is -0.128. The monoisotopic (exact) mass is 259 g/mol. The van der Waals surface area contributed by atoms with Crippen LogP contribution in [0.2, 0.25) is 0 Å². The van der Waals surface area contributed by atoms with E-state index in [4.69, 9.17) is 4.74 Å². The number of hydrogen-bond acceptors (Lipinski definition) is 3. The number of H-pyrrole nitrogens is 1. The quantitative estimate of drug-likeness (QED) is 0.905. The van der Waals surface area contributed by atoms with Crippen molar-refractivity contribution in [3.05, 3.63) is 30.1 Å². The van der Waals surface area contributed by atoms with Crippen LogP contribution in [-0.2, 0) is 9.53 Å². The van der Waals surface area contributed by atoms with E-state index >= 15 is 0 Å². The summed E-state index contributed by atoms with van der Waals surface area (Å²) >= 11 is 0. The van der Waals surface area contributed by atoms with Gasteiger partial charge in [0.25, 0.3) is 0 Å². The van der Waals surface area contributed by atoms with Crippen molar-refractivity contribution in [2.45, 2.75) is 12.3 Å². The molecule has 1 aromatic heterocycles. The molecule has 2 heterocycles. The smallest absolute Gasteiger partial charge is 0.223 e. The van der Waals surface area contributed by atoms with Crippen molar-refractivity contribution >= 4 is 16.9 Å². The van der Waals surface area contributed by atoms with Crippen LogP contribution in [0.3, 0.4) is 0 Å². The van der Waals surface area contributed by atoms with Gasteiger partial charge in [-0.15, -0.1) is 0 Å². The maximum Gasteiger partial charge on any atom is 0.223 e. The van der Waals surface area contributed by atoms with Gasteiger partial charge in [-0.05, 0) is 12.1 Å². The molecule has 0 unspecified atom stereocenters. The number of carbonyl (C=O) groups excluding carboxylic acids is 1. The number of benzene rings is 1. The minimum absolute atomic E-state index is 0.164. The van der Waals surface area contributed by atoms with Gasteiger partial charge in [-0.2, -0.15) is 0 Å². The minimum atomic E-state index is 0.164. The summed E-state index contributed by atoms with van der Waals surface area (Å²) in [6.45, 7) is 1.96. The van der Waals surface area contributed by atoms with Crippen molar-refractivity contribution in [2.24, 2.45) is 0 Å². The van der Waals surface area contributed by atoms with Gasteiger partial charge in [0.15, 0.2) is 0 Å². The number of likely N-dealkylation sites (tertiary alicyclic amines) is 1.